The number of aldehydes is 1. The van der Waals surface area contributed by atoms with E-state index in [2.05, 4.69) is 27.7 Å². The highest BCUT2D eigenvalue weighted by Gasteiger charge is 2.69. The predicted octanol–water partition coefficient (Wildman–Crippen LogP) is 5.24. The smallest absolute Gasteiger partial charge is 0.283 e. The molecule has 0 amide bonds. The van der Waals surface area contributed by atoms with Crippen LogP contribution in [0.3, 0.4) is 0 Å². The molecule has 1 saturated carbocycles. The third kappa shape index (κ3) is 5.97. The van der Waals surface area contributed by atoms with E-state index in [9.17, 15) is 15.0 Å². The molecule has 3 atom stereocenters. The monoisotopic (exact) mass is 476 g/mol. The van der Waals surface area contributed by atoms with Crippen molar-refractivity contribution in [2.24, 2.45) is 5.92 Å². The summed E-state index contributed by atoms with van der Waals surface area (Å²) in [4.78, 5) is 12.2. The minimum Gasteiger partial charge on any atom is -0.507 e. The largest absolute Gasteiger partial charge is 0.507 e. The molecule has 192 valence electrons. The number of hydrogen-bond donors (Lipinski definition) is 2. The van der Waals surface area contributed by atoms with Gasteiger partial charge in [0, 0.05) is 30.0 Å². The summed E-state index contributed by atoms with van der Waals surface area (Å²) < 4.78 is 18.6. The van der Waals surface area contributed by atoms with Crippen LogP contribution in [0.15, 0.2) is 12.1 Å². The number of phenolic OH excluding ortho intramolecular Hbond substituents is 1. The Balaban J connectivity index is 2.46. The van der Waals surface area contributed by atoms with Crippen LogP contribution in [0, 0.1) is 5.92 Å². The first-order valence-corrected chi connectivity index (χ1v) is 12.8. The van der Waals surface area contributed by atoms with E-state index in [1.165, 1.54) is 0 Å². The van der Waals surface area contributed by atoms with Gasteiger partial charge in [0.1, 0.15) is 23.4 Å². The summed E-state index contributed by atoms with van der Waals surface area (Å²) in [6.45, 7) is 16.5. The van der Waals surface area contributed by atoms with Crippen LogP contribution >= 0.6 is 0 Å². The second kappa shape index (κ2) is 11.4. The number of hydrogen-bond acceptors (Lipinski definition) is 6. The molecule has 1 aliphatic carbocycles. The van der Waals surface area contributed by atoms with Crippen LogP contribution in [-0.4, -0.2) is 48.4 Å². The number of aromatic hydroxyl groups is 1. The number of phenols is 1. The third-order valence-corrected chi connectivity index (χ3v) is 7.38. The Morgan fingerprint density at radius 1 is 1.12 bits per heavy atom. The van der Waals surface area contributed by atoms with Gasteiger partial charge < -0.3 is 29.1 Å². The zero-order valence-corrected chi connectivity index (χ0v) is 22.4. The van der Waals surface area contributed by atoms with Crippen LogP contribution in [0.25, 0.3) is 0 Å². The highest BCUT2D eigenvalue weighted by molar-refractivity contribution is 6.33. The van der Waals surface area contributed by atoms with E-state index in [-0.39, 0.29) is 25.0 Å². The van der Waals surface area contributed by atoms with Gasteiger partial charge in [0.25, 0.3) is 7.48 Å². The van der Waals surface area contributed by atoms with Gasteiger partial charge in [-0.1, -0.05) is 40.5 Å². The van der Waals surface area contributed by atoms with Gasteiger partial charge in [-0.2, -0.15) is 0 Å². The summed E-state index contributed by atoms with van der Waals surface area (Å²) in [6, 6.07) is 3.62. The van der Waals surface area contributed by atoms with Crippen LogP contribution in [0.1, 0.15) is 98.1 Å². The van der Waals surface area contributed by atoms with E-state index in [1.807, 2.05) is 19.9 Å². The van der Waals surface area contributed by atoms with Crippen molar-refractivity contribution in [3.05, 3.63) is 23.3 Å². The van der Waals surface area contributed by atoms with Crippen LogP contribution in [0.5, 0.6) is 11.5 Å². The lowest BCUT2D eigenvalue weighted by Crippen LogP contribution is -2.48. The lowest BCUT2D eigenvalue weighted by Gasteiger charge is -2.38. The van der Waals surface area contributed by atoms with Crippen molar-refractivity contribution < 1.29 is 29.1 Å². The Labute approximate surface area is 206 Å². The Morgan fingerprint density at radius 2 is 1.74 bits per heavy atom. The highest BCUT2D eigenvalue weighted by atomic mass is 16.5. The SMILES string of the molecule is CCCCOc1cc(O)c(C2(OCCCC)C(BOC(C)(C)C(C)(C)O)[C@@H]2C=O)cc1C(C)C. The molecule has 34 heavy (non-hydrogen) atoms. The molecule has 1 fully saturated rings. The van der Waals surface area contributed by atoms with Gasteiger partial charge in [-0.15, -0.1) is 0 Å². The quantitative estimate of drug-likeness (QED) is 0.205. The molecule has 7 heteroatoms. The van der Waals surface area contributed by atoms with Crippen molar-refractivity contribution >= 4 is 13.8 Å². The molecule has 0 saturated heterocycles. The number of ether oxygens (including phenoxy) is 2. The molecule has 2 unspecified atom stereocenters. The molecule has 6 nitrogen and oxygen atoms in total. The number of rotatable bonds is 15. The number of aliphatic hydroxyl groups is 1. The maximum atomic E-state index is 12.2. The fourth-order valence-corrected chi connectivity index (χ4v) is 4.21. The molecule has 2 rings (SSSR count). The van der Waals surface area contributed by atoms with E-state index < -0.39 is 22.7 Å². The van der Waals surface area contributed by atoms with E-state index in [4.69, 9.17) is 14.1 Å². The number of carbonyl (C=O) groups is 1. The Morgan fingerprint density at radius 3 is 2.26 bits per heavy atom. The van der Waals surface area contributed by atoms with Gasteiger partial charge in [-0.3, -0.25) is 0 Å². The van der Waals surface area contributed by atoms with Crippen LogP contribution in [0.4, 0.5) is 0 Å². The molecule has 2 N–H and O–H groups in total. The van der Waals surface area contributed by atoms with Gasteiger partial charge in [-0.05, 0) is 58.1 Å². The van der Waals surface area contributed by atoms with Crippen LogP contribution in [0.2, 0.25) is 5.82 Å². The van der Waals surface area contributed by atoms with Gasteiger partial charge in [-0.25, -0.2) is 0 Å². The predicted molar refractivity (Wildman–Crippen MR) is 137 cm³/mol. The van der Waals surface area contributed by atoms with Crippen LogP contribution in [-0.2, 0) is 19.8 Å². The summed E-state index contributed by atoms with van der Waals surface area (Å²) >= 11 is 0. The maximum Gasteiger partial charge on any atom is 0.283 e. The first-order valence-electron chi connectivity index (χ1n) is 12.8. The van der Waals surface area contributed by atoms with E-state index >= 15 is 0 Å². The zero-order chi connectivity index (χ0) is 25.7. The number of unbranched alkanes of at least 4 members (excludes halogenated alkanes) is 2. The summed E-state index contributed by atoms with van der Waals surface area (Å²) in [7, 11) is 0.234. The molecule has 0 radical (unpaired) electrons. The van der Waals surface area contributed by atoms with Gasteiger partial charge >= 0.3 is 0 Å². The van der Waals surface area contributed by atoms with Crippen molar-refractivity contribution in [3.8, 4) is 11.5 Å². The van der Waals surface area contributed by atoms with Crippen molar-refractivity contribution in [1.82, 2.24) is 0 Å². The number of benzene rings is 1. The average molecular weight is 476 g/mol. The van der Waals surface area contributed by atoms with Crippen molar-refractivity contribution in [1.29, 1.82) is 0 Å². The van der Waals surface area contributed by atoms with Crippen molar-refractivity contribution in [2.75, 3.05) is 13.2 Å². The molecular weight excluding hydrogens is 431 g/mol. The van der Waals surface area contributed by atoms with Gasteiger partial charge in [0.15, 0.2) is 0 Å². The highest BCUT2D eigenvalue weighted by Crippen LogP contribution is 2.66. The lowest BCUT2D eigenvalue weighted by atomic mass is 9.81. The minimum atomic E-state index is -1.06. The van der Waals surface area contributed by atoms with Crippen LogP contribution < -0.4 is 4.74 Å². The maximum absolute atomic E-state index is 12.2. The lowest BCUT2D eigenvalue weighted by molar-refractivity contribution is -0.111. The molecule has 1 aliphatic rings. The summed E-state index contributed by atoms with van der Waals surface area (Å²) in [6.07, 6.45) is 4.69. The standard InChI is InChI=1S/C27H45BO6/c1-9-11-13-32-23-16-22(30)20(15-19(23)18(3)4)27(33-14-12-10-2)21(17-29)24(27)28-34-26(7,8)25(5,6)31/h15-18,21,24,28,30-31H,9-14H2,1-8H3/t21-,24?,27?/m0/s1. The van der Waals surface area contributed by atoms with Gasteiger partial charge in [0.2, 0.25) is 0 Å². The van der Waals surface area contributed by atoms with Crippen molar-refractivity contribution in [2.45, 2.75) is 110 Å². The first-order chi connectivity index (χ1) is 15.9. The molecule has 0 aromatic heterocycles. The summed E-state index contributed by atoms with van der Waals surface area (Å²) in [5, 5.41) is 21.6. The first kappa shape index (κ1) is 28.7. The second-order valence-electron chi connectivity index (χ2n) is 10.9. The summed E-state index contributed by atoms with van der Waals surface area (Å²) in [5.41, 5.74) is -1.24. The Hall–Kier alpha value is -1.57. The molecule has 1 aromatic rings. The van der Waals surface area contributed by atoms with E-state index in [0.29, 0.717) is 24.5 Å². The molecule has 0 heterocycles. The Kier molecular flexibility index (Phi) is 9.65. The molecular formula is C27H45BO6. The normalized spacial score (nSPS) is 22.6. The third-order valence-electron chi connectivity index (χ3n) is 7.38. The molecule has 1 aromatic carbocycles. The van der Waals surface area contributed by atoms with E-state index in [0.717, 1.165) is 37.5 Å². The molecule has 0 bridgehead atoms. The molecule has 0 spiro atoms. The fourth-order valence-electron chi connectivity index (χ4n) is 4.21. The molecule has 0 aliphatic heterocycles. The zero-order valence-electron chi connectivity index (χ0n) is 22.4. The number of carbonyl (C=O) groups excluding carboxylic acids is 1. The summed E-state index contributed by atoms with van der Waals surface area (Å²) in [5.74, 6) is 0.207. The van der Waals surface area contributed by atoms with Crippen molar-refractivity contribution in [3.63, 3.8) is 0 Å². The van der Waals surface area contributed by atoms with Gasteiger partial charge in [0.05, 0.1) is 17.8 Å². The Bertz CT molecular complexity index is 816. The topological polar surface area (TPSA) is 85.2 Å². The second-order valence-corrected chi connectivity index (χ2v) is 10.9. The van der Waals surface area contributed by atoms with E-state index in [1.54, 1.807) is 19.9 Å². The average Bonchev–Trinajstić information content (AvgIpc) is 3.38. The minimum absolute atomic E-state index is 0.0727. The fraction of sp³-hybridized carbons (Fsp3) is 0.741.